The third-order valence-electron chi connectivity index (χ3n) is 9.68. The number of pyridine rings is 1. The Bertz CT molecular complexity index is 2580. The zero-order valence-corrected chi connectivity index (χ0v) is 30.6. The Morgan fingerprint density at radius 2 is 1.16 bits per heavy atom. The van der Waals surface area contributed by atoms with Gasteiger partial charge in [-0.2, -0.15) is 0 Å². The van der Waals surface area contributed by atoms with Crippen molar-refractivity contribution in [2.75, 3.05) is 11.1 Å². The Morgan fingerprint density at radius 3 is 1.75 bits per heavy atom. The van der Waals surface area contributed by atoms with Crippen LogP contribution >= 0.6 is 0 Å². The fourth-order valence-corrected chi connectivity index (χ4v) is 7.12. The molecule has 0 spiro atoms. The van der Waals surface area contributed by atoms with Gasteiger partial charge in [0.15, 0.2) is 0 Å². The van der Waals surface area contributed by atoms with Gasteiger partial charge in [-0.05, 0) is 54.0 Å². The normalized spacial score (nSPS) is 13.5. The van der Waals surface area contributed by atoms with Gasteiger partial charge in [0, 0.05) is 28.2 Å². The number of para-hydroxylation sites is 3. The number of aromatic nitrogens is 2. The SMILES string of the molecule is C/C=C\C=C\c1nc(C2C=CC=N2)c(Nc2ccccc2-c2ccccc2)c(N)c1-n1c2ccccc2c2ccccc21.c1ccc(-c2ccccc2)cc1. The zero-order valence-electron chi connectivity index (χ0n) is 30.6. The number of aliphatic imine (C=N–C) groups is 1. The van der Waals surface area contributed by atoms with E-state index >= 15 is 0 Å². The van der Waals surface area contributed by atoms with Crippen molar-refractivity contribution in [2.24, 2.45) is 4.99 Å². The number of nitrogens with one attached hydrogen (secondary N) is 1. The Kier molecular flexibility index (Phi) is 10.3. The molecule has 2 aromatic heterocycles. The van der Waals surface area contributed by atoms with E-state index in [0.29, 0.717) is 5.69 Å². The van der Waals surface area contributed by atoms with Crippen LogP contribution < -0.4 is 11.1 Å². The minimum Gasteiger partial charge on any atom is -0.395 e. The summed E-state index contributed by atoms with van der Waals surface area (Å²) in [5, 5.41) is 6.06. The molecule has 0 aliphatic carbocycles. The van der Waals surface area contributed by atoms with Gasteiger partial charge < -0.3 is 15.6 Å². The molecular formula is C50H41N5. The van der Waals surface area contributed by atoms with Crippen LogP contribution in [0.1, 0.15) is 24.4 Å². The average molecular weight is 712 g/mol. The lowest BCUT2D eigenvalue weighted by atomic mass is 10.0. The fraction of sp³-hybridized carbons (Fsp3) is 0.0400. The first kappa shape index (κ1) is 34.8. The molecule has 0 saturated carbocycles. The van der Waals surface area contributed by atoms with Gasteiger partial charge in [-0.15, -0.1) is 0 Å². The second-order valence-corrected chi connectivity index (χ2v) is 13.2. The number of nitrogen functional groups attached to an aromatic ring is 1. The van der Waals surface area contributed by atoms with Crippen LogP contribution in [0.3, 0.4) is 0 Å². The highest BCUT2D eigenvalue weighted by atomic mass is 15.1. The molecule has 9 rings (SSSR count). The maximum atomic E-state index is 7.32. The summed E-state index contributed by atoms with van der Waals surface area (Å²) >= 11 is 0. The molecule has 6 aromatic carbocycles. The summed E-state index contributed by atoms with van der Waals surface area (Å²) in [6, 6.07) is 56.1. The molecule has 5 nitrogen and oxygen atoms in total. The number of nitrogens with zero attached hydrogens (tertiary/aromatic N) is 3. The van der Waals surface area contributed by atoms with Crippen LogP contribution in [0, 0.1) is 0 Å². The monoisotopic (exact) mass is 711 g/mol. The van der Waals surface area contributed by atoms with Crippen molar-refractivity contribution in [2.45, 2.75) is 13.0 Å². The number of hydrogen-bond donors (Lipinski definition) is 2. The van der Waals surface area contributed by atoms with Crippen molar-refractivity contribution >= 4 is 51.2 Å². The standard InChI is InChI=1S/C38H31N5.C12H10/c1-2-3-5-21-32-38(43-33-23-12-9-18-28(33)29-19-10-13-24-34(29)43)35(39)37(36(42-32)31-22-14-25-40-31)41-30-20-11-8-17-27(30)26-15-6-4-7-16-26;1-3-7-11(8-4-1)12-9-5-2-6-10-12/h2-25,31,41H,1H3,(H2,39,42);1-10H/b3-2-,21-5+;. The number of anilines is 3. The molecule has 1 atom stereocenters. The van der Waals surface area contributed by atoms with Crippen LogP contribution in [0.2, 0.25) is 0 Å². The minimum absolute atomic E-state index is 0.255. The second-order valence-electron chi connectivity index (χ2n) is 13.2. The number of fused-ring (bicyclic) bond motifs is 3. The molecule has 3 heterocycles. The van der Waals surface area contributed by atoms with Crippen LogP contribution in [-0.4, -0.2) is 15.8 Å². The third-order valence-corrected chi connectivity index (χ3v) is 9.68. The highest BCUT2D eigenvalue weighted by molar-refractivity contribution is 6.10. The molecule has 1 aliphatic rings. The van der Waals surface area contributed by atoms with Crippen molar-refractivity contribution in [1.29, 1.82) is 0 Å². The van der Waals surface area contributed by atoms with E-state index in [4.69, 9.17) is 15.7 Å². The van der Waals surface area contributed by atoms with Gasteiger partial charge >= 0.3 is 0 Å². The minimum atomic E-state index is -0.255. The largest absolute Gasteiger partial charge is 0.395 e. The van der Waals surface area contributed by atoms with Gasteiger partial charge in [-0.1, -0.05) is 170 Å². The van der Waals surface area contributed by atoms with Gasteiger partial charge in [-0.3, -0.25) is 4.99 Å². The van der Waals surface area contributed by atoms with Gasteiger partial charge in [0.25, 0.3) is 0 Å². The van der Waals surface area contributed by atoms with Crippen molar-refractivity contribution in [1.82, 2.24) is 9.55 Å². The van der Waals surface area contributed by atoms with Gasteiger partial charge in [0.1, 0.15) is 6.04 Å². The first-order valence-corrected chi connectivity index (χ1v) is 18.5. The first-order chi connectivity index (χ1) is 27.2. The summed E-state index contributed by atoms with van der Waals surface area (Å²) in [6.07, 6.45) is 13.9. The van der Waals surface area contributed by atoms with Crippen LogP contribution in [-0.2, 0) is 0 Å². The van der Waals surface area contributed by atoms with Crippen LogP contribution in [0.25, 0.3) is 55.8 Å². The Balaban J connectivity index is 0.000000302. The molecule has 266 valence electrons. The predicted octanol–water partition coefficient (Wildman–Crippen LogP) is 12.8. The molecule has 55 heavy (non-hydrogen) atoms. The summed E-state index contributed by atoms with van der Waals surface area (Å²) < 4.78 is 2.24. The summed E-state index contributed by atoms with van der Waals surface area (Å²) in [4.78, 5) is 10.0. The number of hydrogen-bond acceptors (Lipinski definition) is 4. The van der Waals surface area contributed by atoms with Crippen molar-refractivity contribution in [3.63, 3.8) is 0 Å². The second kappa shape index (κ2) is 16.2. The van der Waals surface area contributed by atoms with Crippen LogP contribution in [0.4, 0.5) is 17.1 Å². The maximum absolute atomic E-state index is 7.32. The molecule has 0 saturated heterocycles. The van der Waals surface area contributed by atoms with E-state index in [1.165, 1.54) is 11.1 Å². The smallest absolute Gasteiger partial charge is 0.113 e. The molecule has 0 amide bonds. The van der Waals surface area contributed by atoms with E-state index in [1.54, 1.807) is 0 Å². The molecule has 1 unspecified atom stereocenters. The molecule has 0 bridgehead atoms. The van der Waals surface area contributed by atoms with Crippen molar-refractivity contribution < 1.29 is 0 Å². The first-order valence-electron chi connectivity index (χ1n) is 18.5. The van der Waals surface area contributed by atoms with Crippen LogP contribution in [0.5, 0.6) is 0 Å². The van der Waals surface area contributed by atoms with Crippen LogP contribution in [0.15, 0.2) is 199 Å². The Hall–Kier alpha value is -7.24. The van der Waals surface area contributed by atoms with Crippen molar-refractivity contribution in [3.8, 4) is 27.9 Å². The maximum Gasteiger partial charge on any atom is 0.113 e. The summed E-state index contributed by atoms with van der Waals surface area (Å²) in [5.41, 5.74) is 18.9. The number of rotatable bonds is 8. The molecule has 8 aromatic rings. The molecule has 3 N–H and O–H groups in total. The van der Waals surface area contributed by atoms with E-state index in [0.717, 1.165) is 61.4 Å². The number of allylic oxidation sites excluding steroid dienone is 4. The van der Waals surface area contributed by atoms with E-state index < -0.39 is 0 Å². The predicted molar refractivity (Wildman–Crippen MR) is 234 cm³/mol. The number of benzene rings is 6. The van der Waals surface area contributed by atoms with E-state index in [9.17, 15) is 0 Å². The summed E-state index contributed by atoms with van der Waals surface area (Å²) in [6.45, 7) is 2.00. The Morgan fingerprint density at radius 1 is 0.618 bits per heavy atom. The van der Waals surface area contributed by atoms with E-state index in [2.05, 4.69) is 155 Å². The van der Waals surface area contributed by atoms with E-state index in [1.807, 2.05) is 67.8 Å². The molecule has 5 heteroatoms. The lowest BCUT2D eigenvalue weighted by molar-refractivity contribution is 0.879. The fourth-order valence-electron chi connectivity index (χ4n) is 7.12. The lowest BCUT2D eigenvalue weighted by Crippen LogP contribution is -2.12. The van der Waals surface area contributed by atoms with E-state index in [-0.39, 0.29) is 6.04 Å². The summed E-state index contributed by atoms with van der Waals surface area (Å²) in [5.74, 6) is 0. The molecule has 1 aliphatic heterocycles. The third kappa shape index (κ3) is 7.24. The number of nitrogens with two attached hydrogens (primary N) is 1. The average Bonchev–Trinajstić information content (AvgIpc) is 3.91. The highest BCUT2D eigenvalue weighted by Gasteiger charge is 2.26. The topological polar surface area (TPSA) is 68.2 Å². The highest BCUT2D eigenvalue weighted by Crippen LogP contribution is 2.43. The van der Waals surface area contributed by atoms with Gasteiger partial charge in [0.2, 0.25) is 0 Å². The van der Waals surface area contributed by atoms with Gasteiger partial charge in [0.05, 0.1) is 39.5 Å². The summed E-state index contributed by atoms with van der Waals surface area (Å²) in [7, 11) is 0. The van der Waals surface area contributed by atoms with Gasteiger partial charge in [-0.25, -0.2) is 4.98 Å². The molecular weight excluding hydrogens is 671 g/mol. The Labute approximate surface area is 322 Å². The lowest BCUT2D eigenvalue weighted by Gasteiger charge is -2.23. The zero-order chi connectivity index (χ0) is 37.4. The van der Waals surface area contributed by atoms with Crippen molar-refractivity contribution in [3.05, 3.63) is 206 Å². The molecule has 0 radical (unpaired) electrons. The quantitative estimate of drug-likeness (QED) is 0.154. The molecule has 0 fully saturated rings.